The third kappa shape index (κ3) is 5.64. The molecule has 2 aromatic carbocycles. The molecule has 0 aliphatic heterocycles. The Morgan fingerprint density at radius 3 is 1.70 bits per heavy atom. The number of nitrogens with one attached hydrogen (secondary N) is 1. The maximum absolute atomic E-state index is 13.1. The molecule has 1 unspecified atom stereocenters. The molecule has 6 heteroatoms. The van der Waals surface area contributed by atoms with Crippen LogP contribution in [0.3, 0.4) is 0 Å². The zero-order valence-electron chi connectivity index (χ0n) is 15.5. The number of hydrogen-bond donors (Lipinski definition) is 2. The Morgan fingerprint density at radius 1 is 0.889 bits per heavy atom. The van der Waals surface area contributed by atoms with Crippen molar-refractivity contribution in [1.29, 1.82) is 0 Å². The molecule has 0 saturated carbocycles. The van der Waals surface area contributed by atoms with Crippen LogP contribution in [0.4, 0.5) is 0 Å². The topological polar surface area (TPSA) is 84.9 Å². The predicted molar refractivity (Wildman–Crippen MR) is 101 cm³/mol. The van der Waals surface area contributed by atoms with Gasteiger partial charge in [0.2, 0.25) is 5.91 Å². The molecule has 2 aromatic rings. The van der Waals surface area contributed by atoms with Gasteiger partial charge in [-0.25, -0.2) is 4.79 Å². The van der Waals surface area contributed by atoms with Crippen molar-refractivity contribution in [2.75, 3.05) is 13.2 Å². The second kappa shape index (κ2) is 10.4. The molecule has 144 valence electrons. The quantitative estimate of drug-likeness (QED) is 0.628. The van der Waals surface area contributed by atoms with Crippen LogP contribution in [0, 0.1) is 0 Å². The van der Waals surface area contributed by atoms with Crippen LogP contribution in [-0.4, -0.2) is 42.5 Å². The number of rotatable bonds is 10. The lowest BCUT2D eigenvalue weighted by Crippen LogP contribution is -2.52. The largest absolute Gasteiger partial charge is 0.480 e. The lowest BCUT2D eigenvalue weighted by atomic mass is 9.90. The van der Waals surface area contributed by atoms with Crippen LogP contribution < -0.4 is 5.32 Å². The van der Waals surface area contributed by atoms with Crippen molar-refractivity contribution < 1.29 is 24.2 Å². The van der Waals surface area contributed by atoms with Gasteiger partial charge in [-0.15, -0.1) is 0 Å². The van der Waals surface area contributed by atoms with Crippen molar-refractivity contribution in [3.05, 3.63) is 71.8 Å². The lowest BCUT2D eigenvalue weighted by Gasteiger charge is -2.26. The summed E-state index contributed by atoms with van der Waals surface area (Å²) in [5.41, 5.74) is 1.55. The average molecular weight is 371 g/mol. The Morgan fingerprint density at radius 2 is 1.33 bits per heavy atom. The van der Waals surface area contributed by atoms with Crippen molar-refractivity contribution in [3.8, 4) is 0 Å². The minimum absolute atomic E-state index is 0.269. The van der Waals surface area contributed by atoms with Gasteiger partial charge in [-0.3, -0.25) is 4.79 Å². The van der Waals surface area contributed by atoms with E-state index in [4.69, 9.17) is 9.47 Å². The molecule has 2 N–H and O–H groups in total. The van der Waals surface area contributed by atoms with Gasteiger partial charge in [-0.05, 0) is 25.0 Å². The number of benzene rings is 2. The van der Waals surface area contributed by atoms with E-state index in [9.17, 15) is 14.7 Å². The van der Waals surface area contributed by atoms with Crippen LogP contribution >= 0.6 is 0 Å². The molecule has 0 aliphatic carbocycles. The first-order valence-electron chi connectivity index (χ1n) is 8.94. The molecular formula is C21H25NO5. The van der Waals surface area contributed by atoms with E-state index < -0.39 is 30.1 Å². The zero-order chi connectivity index (χ0) is 19.6. The molecule has 2 rings (SSSR count). The monoisotopic (exact) mass is 371 g/mol. The van der Waals surface area contributed by atoms with Gasteiger partial charge in [0, 0.05) is 13.2 Å². The molecule has 0 radical (unpaired) electrons. The summed E-state index contributed by atoms with van der Waals surface area (Å²) < 4.78 is 10.8. The Labute approximate surface area is 159 Å². The highest BCUT2D eigenvalue weighted by Gasteiger charge is 2.34. The van der Waals surface area contributed by atoms with Crippen molar-refractivity contribution in [1.82, 2.24) is 5.32 Å². The summed E-state index contributed by atoms with van der Waals surface area (Å²) in [6, 6.07) is 17.2. The van der Waals surface area contributed by atoms with E-state index in [1.165, 1.54) is 0 Å². The van der Waals surface area contributed by atoms with Gasteiger partial charge in [-0.2, -0.15) is 0 Å². The first kappa shape index (κ1) is 20.6. The summed E-state index contributed by atoms with van der Waals surface area (Å²) in [6.45, 7) is 4.02. The molecule has 0 aliphatic rings. The smallest absolute Gasteiger partial charge is 0.331 e. The molecule has 0 spiro atoms. The molecule has 0 heterocycles. The second-order valence-electron chi connectivity index (χ2n) is 5.86. The van der Waals surface area contributed by atoms with Crippen LogP contribution in [0.1, 0.15) is 30.9 Å². The van der Waals surface area contributed by atoms with E-state index in [0.717, 1.165) is 11.1 Å². The maximum atomic E-state index is 13.1. The molecule has 0 fully saturated rings. The normalized spacial score (nSPS) is 12.1. The first-order valence-corrected chi connectivity index (χ1v) is 8.94. The van der Waals surface area contributed by atoms with E-state index in [1.807, 2.05) is 60.7 Å². The highest BCUT2D eigenvalue weighted by molar-refractivity contribution is 5.90. The number of amides is 1. The van der Waals surface area contributed by atoms with Gasteiger partial charge in [0.25, 0.3) is 0 Å². The fourth-order valence-corrected chi connectivity index (χ4v) is 2.84. The highest BCUT2D eigenvalue weighted by Crippen LogP contribution is 2.25. The molecule has 27 heavy (non-hydrogen) atoms. The predicted octanol–water partition coefficient (Wildman–Crippen LogP) is 2.79. The molecule has 1 amide bonds. The Bertz CT molecular complexity index is 674. The van der Waals surface area contributed by atoms with Crippen LogP contribution in [0.25, 0.3) is 0 Å². The minimum Gasteiger partial charge on any atom is -0.480 e. The highest BCUT2D eigenvalue weighted by atomic mass is 16.7. The summed E-state index contributed by atoms with van der Waals surface area (Å²) in [6.07, 6.45) is -1.06. The molecule has 0 aromatic heterocycles. The molecule has 0 saturated heterocycles. The number of carboxylic acids is 1. The van der Waals surface area contributed by atoms with Crippen LogP contribution in [0.5, 0.6) is 0 Å². The molecule has 0 bridgehead atoms. The standard InChI is InChI=1S/C21H25NO5/c1-3-26-21(27-4-2)18(20(24)25)22-19(23)17(15-11-7-5-8-12-15)16-13-9-6-10-14-16/h5-14,17-18,21H,3-4H2,1-2H3,(H,22,23)(H,24,25). The SMILES string of the molecule is CCOC(OCC)C(NC(=O)C(c1ccccc1)c1ccccc1)C(=O)O. The summed E-state index contributed by atoms with van der Waals surface area (Å²) in [4.78, 5) is 24.8. The maximum Gasteiger partial charge on any atom is 0.331 e. The Hall–Kier alpha value is -2.70. The number of carbonyl (C=O) groups excluding carboxylic acids is 1. The van der Waals surface area contributed by atoms with E-state index in [-0.39, 0.29) is 13.2 Å². The van der Waals surface area contributed by atoms with E-state index in [0.29, 0.717) is 0 Å². The van der Waals surface area contributed by atoms with Crippen molar-refractivity contribution >= 4 is 11.9 Å². The number of aliphatic carboxylic acids is 1. The van der Waals surface area contributed by atoms with Crippen molar-refractivity contribution in [2.45, 2.75) is 32.1 Å². The summed E-state index contributed by atoms with van der Waals surface area (Å²) in [5.74, 6) is -2.28. The first-order chi connectivity index (χ1) is 13.1. The van der Waals surface area contributed by atoms with Crippen molar-refractivity contribution in [3.63, 3.8) is 0 Å². The lowest BCUT2D eigenvalue weighted by molar-refractivity contribution is -0.177. The van der Waals surface area contributed by atoms with E-state index in [1.54, 1.807) is 13.8 Å². The average Bonchev–Trinajstić information content (AvgIpc) is 2.68. The fraction of sp³-hybridized carbons (Fsp3) is 0.333. The number of carboxylic acid groups (broad SMARTS) is 1. The second-order valence-corrected chi connectivity index (χ2v) is 5.86. The fourth-order valence-electron chi connectivity index (χ4n) is 2.84. The third-order valence-electron chi connectivity index (χ3n) is 4.03. The molecule has 6 nitrogen and oxygen atoms in total. The number of hydrogen-bond acceptors (Lipinski definition) is 4. The van der Waals surface area contributed by atoms with Gasteiger partial charge in [0.1, 0.15) is 0 Å². The minimum atomic E-state index is -1.31. The van der Waals surface area contributed by atoms with E-state index in [2.05, 4.69) is 5.32 Å². The Kier molecular flexibility index (Phi) is 7.98. The number of carbonyl (C=O) groups is 2. The third-order valence-corrected chi connectivity index (χ3v) is 4.03. The van der Waals surface area contributed by atoms with Gasteiger partial charge >= 0.3 is 5.97 Å². The number of ether oxygens (including phenoxy) is 2. The zero-order valence-corrected chi connectivity index (χ0v) is 15.5. The summed E-state index contributed by atoms with van der Waals surface area (Å²) in [7, 11) is 0. The van der Waals surface area contributed by atoms with Crippen molar-refractivity contribution in [2.24, 2.45) is 0 Å². The molecular weight excluding hydrogens is 346 g/mol. The van der Waals surface area contributed by atoms with E-state index >= 15 is 0 Å². The Balaban J connectivity index is 2.32. The molecule has 1 atom stereocenters. The van der Waals surface area contributed by atoms with Gasteiger partial charge in [0.05, 0.1) is 5.92 Å². The summed E-state index contributed by atoms with van der Waals surface area (Å²) >= 11 is 0. The summed E-state index contributed by atoms with van der Waals surface area (Å²) in [5, 5.41) is 12.2. The van der Waals surface area contributed by atoms with Crippen LogP contribution in [0.15, 0.2) is 60.7 Å². The van der Waals surface area contributed by atoms with Gasteiger partial charge in [0.15, 0.2) is 12.3 Å². The van der Waals surface area contributed by atoms with Gasteiger partial charge < -0.3 is 19.9 Å². The van der Waals surface area contributed by atoms with Gasteiger partial charge in [-0.1, -0.05) is 60.7 Å². The van der Waals surface area contributed by atoms with Crippen LogP contribution in [-0.2, 0) is 19.1 Å². The van der Waals surface area contributed by atoms with Crippen LogP contribution in [0.2, 0.25) is 0 Å².